The Balaban J connectivity index is 2.76. The maximum atomic E-state index is 14.3. The predicted molar refractivity (Wildman–Crippen MR) is 260 cm³/mol. The van der Waals surface area contributed by atoms with E-state index in [2.05, 4.69) is 52.8 Å². The number of hydrogen-bond donors (Lipinski definition) is 17. The minimum Gasteiger partial charge on any atom is -0.391 e. The molecule has 0 bridgehead atoms. The number of amides is 9. The maximum Gasteiger partial charge on any atom is 0.248 e. The fraction of sp³-hybridized carbons (Fsp3) is 0.636. The van der Waals surface area contributed by atoms with E-state index in [9.17, 15) is 53.4 Å². The number of aliphatic imine (C=N–C) groups is 1. The second-order valence-corrected chi connectivity index (χ2v) is 17.6. The van der Waals surface area contributed by atoms with Crippen LogP contribution >= 0.6 is 0 Å². The van der Waals surface area contributed by atoms with Crippen molar-refractivity contribution in [1.29, 1.82) is 0 Å². The molecule has 0 saturated carbocycles. The first-order valence-corrected chi connectivity index (χ1v) is 23.6. The zero-order valence-corrected chi connectivity index (χ0v) is 40.8. The molecule has 23 N–H and O–H groups in total. The van der Waals surface area contributed by atoms with Crippen molar-refractivity contribution in [3.8, 4) is 0 Å². The molecule has 27 nitrogen and oxygen atoms in total. The Kier molecular flexibility index (Phi) is 26.4. The van der Waals surface area contributed by atoms with Crippen LogP contribution in [-0.4, -0.2) is 169 Å². The zero-order valence-electron chi connectivity index (χ0n) is 40.8. The molecule has 0 radical (unpaired) electrons. The van der Waals surface area contributed by atoms with Gasteiger partial charge in [0, 0.05) is 13.0 Å². The highest BCUT2D eigenvalue weighted by molar-refractivity contribution is 5.98. The van der Waals surface area contributed by atoms with Gasteiger partial charge in [-0.25, -0.2) is 4.99 Å². The lowest BCUT2D eigenvalue weighted by Gasteiger charge is -2.28. The number of carbonyl (C=O) groups excluding carboxylic acids is 9. The lowest BCUT2D eigenvalue weighted by molar-refractivity contribution is -0.136. The highest BCUT2D eigenvalue weighted by Crippen LogP contribution is 2.11. The largest absolute Gasteiger partial charge is 0.391 e. The summed E-state index contributed by atoms with van der Waals surface area (Å²) >= 11 is 0. The second-order valence-electron chi connectivity index (χ2n) is 17.6. The molecule has 1 heterocycles. The van der Waals surface area contributed by atoms with Crippen molar-refractivity contribution >= 4 is 59.1 Å². The summed E-state index contributed by atoms with van der Waals surface area (Å²) in [5.74, 6) is -8.90. The average Bonchev–Trinajstić information content (AvgIpc) is 3.30. The molecule has 4 unspecified atom stereocenters. The highest BCUT2D eigenvalue weighted by atomic mass is 16.3. The van der Waals surface area contributed by atoms with E-state index in [1.54, 1.807) is 44.2 Å². The fourth-order valence-corrected chi connectivity index (χ4v) is 7.32. The van der Waals surface area contributed by atoms with Crippen molar-refractivity contribution < 1.29 is 53.4 Å². The summed E-state index contributed by atoms with van der Waals surface area (Å²) in [6.45, 7) is 5.04. The van der Waals surface area contributed by atoms with Crippen LogP contribution in [-0.2, 0) is 49.6 Å². The Morgan fingerprint density at radius 2 is 1.13 bits per heavy atom. The summed E-state index contributed by atoms with van der Waals surface area (Å²) < 4.78 is 0. The van der Waals surface area contributed by atoms with Crippen LogP contribution in [0.5, 0.6) is 0 Å². The van der Waals surface area contributed by atoms with Crippen LogP contribution in [0.3, 0.4) is 0 Å². The van der Waals surface area contributed by atoms with E-state index < -0.39 is 139 Å². The molecule has 1 aliphatic rings. The maximum absolute atomic E-state index is 14.3. The smallest absolute Gasteiger partial charge is 0.248 e. The van der Waals surface area contributed by atoms with Crippen LogP contribution in [0.25, 0.3) is 0 Å². The van der Waals surface area contributed by atoms with Gasteiger partial charge in [-0.3, -0.25) is 43.2 Å². The Labute approximate surface area is 412 Å². The van der Waals surface area contributed by atoms with Crippen LogP contribution in [0, 0.1) is 5.92 Å². The molecular weight excluding hydrogens is 929 g/mol. The van der Waals surface area contributed by atoms with Crippen LogP contribution in [0.2, 0.25) is 0 Å². The Hall–Kier alpha value is -6.52. The van der Waals surface area contributed by atoms with E-state index in [0.717, 1.165) is 0 Å². The molecule has 27 heteroatoms. The predicted octanol–water partition coefficient (Wildman–Crippen LogP) is -7.53. The minimum atomic E-state index is -1.65. The summed E-state index contributed by atoms with van der Waals surface area (Å²) in [6.07, 6.45) is -4.07. The van der Waals surface area contributed by atoms with Crippen molar-refractivity contribution in [2.24, 2.45) is 45.3 Å². The summed E-state index contributed by atoms with van der Waals surface area (Å²) in [4.78, 5) is 129. The van der Waals surface area contributed by atoms with Gasteiger partial charge in [0.1, 0.15) is 48.3 Å². The quantitative estimate of drug-likeness (QED) is 0.0452. The van der Waals surface area contributed by atoms with Gasteiger partial charge >= 0.3 is 0 Å². The Bertz CT molecular complexity index is 1970. The van der Waals surface area contributed by atoms with Crippen LogP contribution in [0.15, 0.2) is 35.3 Å². The van der Waals surface area contributed by atoms with Crippen molar-refractivity contribution in [3.05, 3.63) is 35.9 Å². The Morgan fingerprint density at radius 3 is 1.61 bits per heavy atom. The van der Waals surface area contributed by atoms with E-state index >= 15 is 0 Å². The first kappa shape index (κ1) is 60.6. The third-order valence-corrected chi connectivity index (χ3v) is 11.1. The van der Waals surface area contributed by atoms with Crippen LogP contribution in [0.1, 0.15) is 71.8 Å². The normalized spacial score (nSPS) is 24.2. The number of hydrogen-bond acceptors (Lipinski definition) is 16. The van der Waals surface area contributed by atoms with Gasteiger partial charge in [0.15, 0.2) is 12.0 Å². The van der Waals surface area contributed by atoms with E-state index in [1.807, 2.05) is 0 Å². The minimum absolute atomic E-state index is 0.0632. The van der Waals surface area contributed by atoms with Gasteiger partial charge < -0.3 is 92.5 Å². The summed E-state index contributed by atoms with van der Waals surface area (Å²) in [7, 11) is 0. The molecule has 0 spiro atoms. The van der Waals surface area contributed by atoms with E-state index in [4.69, 9.17) is 34.4 Å². The van der Waals surface area contributed by atoms with Crippen molar-refractivity contribution in [1.82, 2.24) is 47.9 Å². The number of aliphatic hydroxyl groups is 2. The fourth-order valence-electron chi connectivity index (χ4n) is 7.32. The van der Waals surface area contributed by atoms with Crippen molar-refractivity contribution in [3.63, 3.8) is 0 Å². The first-order chi connectivity index (χ1) is 33.6. The Morgan fingerprint density at radius 1 is 0.648 bits per heavy atom. The molecule has 11 atom stereocenters. The molecule has 2 rings (SSSR count). The summed E-state index contributed by atoms with van der Waals surface area (Å²) in [6, 6.07) is -4.51. The number of carbonyl (C=O) groups is 9. The molecule has 1 aromatic rings. The molecule has 0 aliphatic carbocycles. The summed E-state index contributed by atoms with van der Waals surface area (Å²) in [5.41, 5.74) is 34.8. The van der Waals surface area contributed by atoms with E-state index in [1.165, 1.54) is 13.8 Å². The lowest BCUT2D eigenvalue weighted by atomic mass is 10.00. The summed E-state index contributed by atoms with van der Waals surface area (Å²) in [5, 5.41) is 43.7. The SMILES string of the molecule is CC(C)CC1NC(=O)C(Cc2ccccc2)NC(=O)[C@H](CCN)NC(=O)C(NC(=O)[C@H](CCN)NC(=O)[C@@H](N=C(N)N)[C@@H](C)O)CCNC(=O)[C@H]([C@@H](C)O)NC(=O)[C@H](CCN)NC(=O)C(CCN)NC1=O. The van der Waals surface area contributed by atoms with Gasteiger partial charge in [-0.2, -0.15) is 0 Å². The number of nitrogens with zero attached hydrogens (tertiary/aromatic N) is 1. The van der Waals surface area contributed by atoms with Gasteiger partial charge in [0.25, 0.3) is 0 Å². The molecule has 9 amide bonds. The first-order valence-electron chi connectivity index (χ1n) is 23.6. The molecule has 1 saturated heterocycles. The zero-order chi connectivity index (χ0) is 53.4. The second kappa shape index (κ2) is 31.0. The molecule has 398 valence electrons. The third-order valence-electron chi connectivity index (χ3n) is 11.1. The molecule has 1 aliphatic heterocycles. The number of aliphatic hydroxyl groups excluding tert-OH is 2. The van der Waals surface area contributed by atoms with Gasteiger partial charge in [-0.05, 0) is 90.0 Å². The number of guanidine groups is 1. The van der Waals surface area contributed by atoms with E-state index in [-0.39, 0.29) is 70.6 Å². The van der Waals surface area contributed by atoms with Gasteiger partial charge in [-0.15, -0.1) is 0 Å². The molecule has 1 aromatic carbocycles. The van der Waals surface area contributed by atoms with Gasteiger partial charge in [0.2, 0.25) is 53.2 Å². The standard InChI is InChI=1S/C44H76N16O11/c1-22(2)20-31-40(68)54-26(10-15-45)35(63)53-29(13-18-48)39(67)59-33(23(3)61)42(70)51-19-14-30(55-36(64)28(12-17-47)56-43(71)34(24(4)62)60-44(49)50)38(66)52-27(11-16-46)37(65)58-32(41(69)57-31)21-25-8-6-5-7-9-25/h5-9,22-24,26-34,61-62H,10-21,45-48H2,1-4H3,(H,51,70)(H,52,66)(H,53,63)(H,54,68)(H,55,64)(H,56,71)(H,57,69)(H,58,65)(H,59,67)(H4,49,50,60)/t23-,24-,26?,27+,28+,29+,30?,31?,32?,33+,34+/m1/s1. The number of nitrogens with two attached hydrogens (primary N) is 6. The number of nitrogens with one attached hydrogen (secondary N) is 9. The van der Waals surface area contributed by atoms with E-state index in [0.29, 0.717) is 5.56 Å². The van der Waals surface area contributed by atoms with Crippen LogP contribution in [0.4, 0.5) is 0 Å². The van der Waals surface area contributed by atoms with Gasteiger partial charge in [-0.1, -0.05) is 44.2 Å². The van der Waals surface area contributed by atoms with Crippen LogP contribution < -0.4 is 82.3 Å². The lowest BCUT2D eigenvalue weighted by Crippen LogP contribution is -2.61. The molecule has 71 heavy (non-hydrogen) atoms. The topological polar surface area (TPSA) is 471 Å². The monoisotopic (exact) mass is 1000 g/mol. The van der Waals surface area contributed by atoms with Crippen molar-refractivity contribution in [2.45, 2.75) is 139 Å². The average molecular weight is 1010 g/mol. The number of benzene rings is 1. The highest BCUT2D eigenvalue weighted by Gasteiger charge is 2.36. The third kappa shape index (κ3) is 20.8. The van der Waals surface area contributed by atoms with Gasteiger partial charge in [0.05, 0.1) is 12.2 Å². The molecular formula is C44H76N16O11. The number of rotatable bonds is 19. The van der Waals surface area contributed by atoms with Crippen molar-refractivity contribution in [2.75, 3.05) is 32.7 Å². The molecule has 1 fully saturated rings. The molecule has 0 aromatic heterocycles.